The Kier molecular flexibility index (Phi) is 2.40. The van der Waals surface area contributed by atoms with E-state index in [9.17, 15) is 12.9 Å². The molecule has 1 heterocycles. The van der Waals surface area contributed by atoms with Crippen LogP contribution in [0.5, 0.6) is 0 Å². The van der Waals surface area contributed by atoms with E-state index in [0.29, 0.717) is 5.69 Å². The Bertz CT molecular complexity index is 272. The predicted molar refractivity (Wildman–Crippen MR) is 41.8 cm³/mol. The van der Waals surface area contributed by atoms with Crippen LogP contribution in [-0.2, 0) is 6.32 Å². The molecule has 0 aliphatic heterocycles. The van der Waals surface area contributed by atoms with E-state index in [1.807, 2.05) is 0 Å². The van der Waals surface area contributed by atoms with Crippen molar-refractivity contribution in [2.75, 3.05) is 0 Å². The fraction of sp³-hybridized carbons (Fsp3) is 0.286. The Hall–Kier alpha value is -0.995. The molecule has 0 atom stereocenters. The first-order valence-electron chi connectivity index (χ1n) is 3.60. The summed E-state index contributed by atoms with van der Waals surface area (Å²) >= 11 is 0. The van der Waals surface area contributed by atoms with Crippen molar-refractivity contribution in [3.63, 3.8) is 0 Å². The number of pyridine rings is 1. The molecule has 0 saturated carbocycles. The van der Waals surface area contributed by atoms with Crippen molar-refractivity contribution in [1.29, 1.82) is 0 Å². The molecule has 0 saturated heterocycles. The van der Waals surface area contributed by atoms with Crippen LogP contribution in [0.1, 0.15) is 11.3 Å². The van der Waals surface area contributed by atoms with Crippen molar-refractivity contribution in [3.05, 3.63) is 29.6 Å². The van der Waals surface area contributed by atoms with E-state index in [2.05, 4.69) is 4.98 Å². The van der Waals surface area contributed by atoms with Gasteiger partial charge in [0.05, 0.1) is 0 Å². The molecule has 0 spiro atoms. The summed E-state index contributed by atoms with van der Waals surface area (Å²) in [6.07, 6.45) is 0.655. The minimum absolute atomic E-state index is 0.269. The van der Waals surface area contributed by atoms with Gasteiger partial charge < -0.3 is 12.9 Å². The summed E-state index contributed by atoms with van der Waals surface area (Å²) in [5.74, 6) is 0. The number of aromatic nitrogens is 1. The zero-order valence-electron chi connectivity index (χ0n) is 6.60. The lowest BCUT2D eigenvalue weighted by molar-refractivity contribution is 0.468. The molecule has 12 heavy (non-hydrogen) atoms. The predicted octanol–water partition coefficient (Wildman–Crippen LogP) is 2.32. The Morgan fingerprint density at radius 1 is 1.42 bits per heavy atom. The molecule has 0 amide bonds. The van der Waals surface area contributed by atoms with Crippen molar-refractivity contribution >= 4 is 6.98 Å². The second-order valence-electron chi connectivity index (χ2n) is 2.66. The van der Waals surface area contributed by atoms with Gasteiger partial charge in [0, 0.05) is 11.9 Å². The summed E-state index contributed by atoms with van der Waals surface area (Å²) < 4.78 is 35.9. The smallest absolute Gasteiger partial charge is 0.449 e. The van der Waals surface area contributed by atoms with Gasteiger partial charge in [0.15, 0.2) is 0 Å². The molecule has 0 aliphatic rings. The number of rotatable bonds is 2. The summed E-state index contributed by atoms with van der Waals surface area (Å²) in [4.78, 5) is 3.77. The Labute approximate surface area is 68.7 Å². The van der Waals surface area contributed by atoms with Crippen LogP contribution in [-0.4, -0.2) is 12.0 Å². The highest BCUT2D eigenvalue weighted by molar-refractivity contribution is 6.57. The maximum Gasteiger partial charge on any atom is 0.482 e. The topological polar surface area (TPSA) is 12.9 Å². The fourth-order valence-corrected chi connectivity index (χ4v) is 0.983. The lowest BCUT2D eigenvalue weighted by Crippen LogP contribution is -2.20. The van der Waals surface area contributed by atoms with E-state index < -0.39 is 13.3 Å². The summed E-state index contributed by atoms with van der Waals surface area (Å²) in [6, 6.07) is 2.97. The molecule has 0 aliphatic carbocycles. The van der Waals surface area contributed by atoms with Gasteiger partial charge in [0.2, 0.25) is 0 Å². The van der Waals surface area contributed by atoms with Gasteiger partial charge in [-0.05, 0) is 13.0 Å². The lowest BCUT2D eigenvalue weighted by atomic mass is 9.81. The Morgan fingerprint density at radius 3 is 2.58 bits per heavy atom. The minimum atomic E-state index is -4.74. The van der Waals surface area contributed by atoms with Gasteiger partial charge >= 0.3 is 6.98 Å². The molecule has 5 heteroatoms. The van der Waals surface area contributed by atoms with E-state index in [1.54, 1.807) is 6.92 Å². The van der Waals surface area contributed by atoms with Crippen LogP contribution in [0.2, 0.25) is 0 Å². The minimum Gasteiger partial charge on any atom is -0.449 e. The summed E-state index contributed by atoms with van der Waals surface area (Å²) in [7, 11) is 0. The fourth-order valence-electron chi connectivity index (χ4n) is 0.983. The molecule has 0 radical (unpaired) electrons. The number of hydrogen-bond acceptors (Lipinski definition) is 1. The van der Waals surface area contributed by atoms with Crippen molar-refractivity contribution in [2.45, 2.75) is 13.2 Å². The monoisotopic (exact) mass is 174 g/mol. The molecule has 0 bridgehead atoms. The van der Waals surface area contributed by atoms with Gasteiger partial charge in [-0.25, -0.2) is 0 Å². The Balaban J connectivity index is 2.83. The molecular formula is C7H8BF3N-. The van der Waals surface area contributed by atoms with Crippen LogP contribution in [0.15, 0.2) is 18.3 Å². The summed E-state index contributed by atoms with van der Waals surface area (Å²) in [5, 5.41) is 0. The number of halogens is 3. The molecular weight excluding hydrogens is 166 g/mol. The number of nitrogens with zero attached hydrogens (tertiary/aromatic N) is 1. The molecule has 1 rings (SSSR count). The van der Waals surface area contributed by atoms with Gasteiger partial charge in [-0.3, -0.25) is 4.98 Å². The summed E-state index contributed by atoms with van der Waals surface area (Å²) in [5.41, 5.74) is 0.724. The van der Waals surface area contributed by atoms with Crippen LogP contribution in [0.4, 0.5) is 12.9 Å². The maximum absolute atomic E-state index is 12.0. The SMILES string of the molecule is Cc1ncccc1C[B-](F)(F)F. The van der Waals surface area contributed by atoms with Gasteiger partial charge in [-0.2, -0.15) is 0 Å². The van der Waals surface area contributed by atoms with Crippen molar-refractivity contribution in [1.82, 2.24) is 4.98 Å². The van der Waals surface area contributed by atoms with E-state index >= 15 is 0 Å². The van der Waals surface area contributed by atoms with Gasteiger partial charge in [-0.15, -0.1) is 0 Å². The zero-order chi connectivity index (χ0) is 9.19. The van der Waals surface area contributed by atoms with Crippen LogP contribution in [0.25, 0.3) is 0 Å². The second-order valence-corrected chi connectivity index (χ2v) is 2.66. The maximum atomic E-state index is 12.0. The average Bonchev–Trinajstić information content (AvgIpc) is 1.91. The first kappa shape index (κ1) is 9.10. The van der Waals surface area contributed by atoms with Crippen molar-refractivity contribution in [3.8, 4) is 0 Å². The second kappa shape index (κ2) is 3.17. The third-order valence-corrected chi connectivity index (χ3v) is 1.57. The molecule has 0 fully saturated rings. The molecule has 1 aromatic rings. The highest BCUT2D eigenvalue weighted by Crippen LogP contribution is 2.17. The van der Waals surface area contributed by atoms with Gasteiger partial charge in [0.1, 0.15) is 0 Å². The van der Waals surface area contributed by atoms with Gasteiger partial charge in [-0.1, -0.05) is 17.9 Å². The normalized spacial score (nSPS) is 11.7. The average molecular weight is 174 g/mol. The number of aryl methyl sites for hydroxylation is 1. The van der Waals surface area contributed by atoms with E-state index in [1.165, 1.54) is 18.3 Å². The molecule has 66 valence electrons. The highest BCUT2D eigenvalue weighted by atomic mass is 19.4. The molecule has 0 aromatic carbocycles. The van der Waals surface area contributed by atoms with Crippen LogP contribution in [0, 0.1) is 6.92 Å². The first-order valence-corrected chi connectivity index (χ1v) is 3.60. The van der Waals surface area contributed by atoms with E-state index in [-0.39, 0.29) is 5.56 Å². The van der Waals surface area contributed by atoms with E-state index in [0.717, 1.165) is 0 Å². The van der Waals surface area contributed by atoms with Crippen LogP contribution < -0.4 is 0 Å². The lowest BCUT2D eigenvalue weighted by Gasteiger charge is -2.14. The molecule has 0 unspecified atom stereocenters. The third-order valence-electron chi connectivity index (χ3n) is 1.57. The Morgan fingerprint density at radius 2 is 2.08 bits per heavy atom. The van der Waals surface area contributed by atoms with E-state index in [4.69, 9.17) is 0 Å². The quantitative estimate of drug-likeness (QED) is 0.626. The summed E-state index contributed by atoms with van der Waals surface area (Å²) in [6.45, 7) is -3.16. The molecule has 0 N–H and O–H groups in total. The van der Waals surface area contributed by atoms with Gasteiger partial charge in [0.25, 0.3) is 0 Å². The number of hydrogen-bond donors (Lipinski definition) is 0. The molecule has 1 aromatic heterocycles. The largest absolute Gasteiger partial charge is 0.482 e. The molecule has 1 nitrogen and oxygen atoms in total. The van der Waals surface area contributed by atoms with Crippen LogP contribution in [0.3, 0.4) is 0 Å². The highest BCUT2D eigenvalue weighted by Gasteiger charge is 2.23. The van der Waals surface area contributed by atoms with Crippen molar-refractivity contribution in [2.24, 2.45) is 0 Å². The van der Waals surface area contributed by atoms with Crippen LogP contribution >= 0.6 is 0 Å². The van der Waals surface area contributed by atoms with Crippen molar-refractivity contribution < 1.29 is 12.9 Å². The standard InChI is InChI=1S/C7H8BF3N/c1-6-7(3-2-4-12-6)5-8(9,10)11/h2-4H,5H2,1H3/q-1. The zero-order valence-corrected chi connectivity index (χ0v) is 6.60. The first-order chi connectivity index (χ1) is 5.49. The third kappa shape index (κ3) is 2.56.